The highest BCUT2D eigenvalue weighted by Crippen LogP contribution is 2.30. The van der Waals surface area contributed by atoms with Gasteiger partial charge in [0.15, 0.2) is 12.2 Å². The normalized spacial score (nSPS) is 26.4. The number of ether oxygens (including phenoxy) is 6. The lowest BCUT2D eigenvalue weighted by atomic mass is 9.98. The highest BCUT2D eigenvalue weighted by atomic mass is 16.8. The van der Waals surface area contributed by atoms with Gasteiger partial charge in [-0.2, -0.15) is 0 Å². The summed E-state index contributed by atoms with van der Waals surface area (Å²) < 4.78 is 30.9. The van der Waals surface area contributed by atoms with Crippen LogP contribution in [0.2, 0.25) is 0 Å². The van der Waals surface area contributed by atoms with E-state index in [1.54, 1.807) is 0 Å². The number of alkyl carbamates (subject to hydrolysis) is 1. The molecule has 1 unspecified atom stereocenters. The predicted octanol–water partition coefficient (Wildman–Crippen LogP) is -0.574. The van der Waals surface area contributed by atoms with Crippen molar-refractivity contribution in [3.05, 3.63) is 0 Å². The van der Waals surface area contributed by atoms with E-state index in [-0.39, 0.29) is 0 Å². The fraction of sp³-hybridized carbons (Fsp3) is 0.688. The summed E-state index contributed by atoms with van der Waals surface area (Å²) in [4.78, 5) is 57.4. The summed E-state index contributed by atoms with van der Waals surface area (Å²) in [5.74, 6) is -2.99. The standard InChI is InChI=1S/C16H23NO11/c1-7(18)23-6-11-12(24-8(2)19)13(25-9(3)20)14(26-10(4)21)15(27-11)28-16(22)17-5/h11-15H,6H2,1-5H3,(H,17,22)/t11-,12+,13+,14?,15+/m1/s1. The van der Waals surface area contributed by atoms with Gasteiger partial charge in [0.05, 0.1) is 0 Å². The third-order valence-electron chi connectivity index (χ3n) is 3.38. The van der Waals surface area contributed by atoms with Gasteiger partial charge in [-0.1, -0.05) is 0 Å². The van der Waals surface area contributed by atoms with Crippen LogP contribution in [0.3, 0.4) is 0 Å². The van der Waals surface area contributed by atoms with Crippen molar-refractivity contribution in [2.75, 3.05) is 13.7 Å². The Morgan fingerprint density at radius 2 is 1.25 bits per heavy atom. The summed E-state index contributed by atoms with van der Waals surface area (Å²) >= 11 is 0. The highest BCUT2D eigenvalue weighted by Gasteiger charge is 2.53. The van der Waals surface area contributed by atoms with Gasteiger partial charge in [0.1, 0.15) is 12.7 Å². The minimum Gasteiger partial charge on any atom is -0.463 e. The molecular weight excluding hydrogens is 382 g/mol. The molecule has 0 saturated carbocycles. The van der Waals surface area contributed by atoms with Gasteiger partial charge in [0, 0.05) is 34.7 Å². The van der Waals surface area contributed by atoms with Crippen LogP contribution in [0.4, 0.5) is 4.79 Å². The maximum absolute atomic E-state index is 11.6. The van der Waals surface area contributed by atoms with Crippen LogP contribution in [0.5, 0.6) is 0 Å². The van der Waals surface area contributed by atoms with Crippen LogP contribution >= 0.6 is 0 Å². The molecule has 28 heavy (non-hydrogen) atoms. The monoisotopic (exact) mass is 405 g/mol. The SMILES string of the molecule is CNC(=O)O[C@@H]1O[C@H](COC(C)=O)[C@H](OC(C)=O)[C@H](OC(C)=O)C1OC(C)=O. The molecule has 158 valence electrons. The summed E-state index contributed by atoms with van der Waals surface area (Å²) in [6.07, 6.45) is -7.80. The molecule has 1 aliphatic rings. The van der Waals surface area contributed by atoms with Gasteiger partial charge in [0.25, 0.3) is 0 Å². The summed E-state index contributed by atoms with van der Waals surface area (Å²) in [6.45, 7) is 3.99. The second kappa shape index (κ2) is 10.4. The lowest BCUT2D eigenvalue weighted by Gasteiger charge is -2.43. The molecule has 1 N–H and O–H groups in total. The number of amides is 1. The lowest BCUT2D eigenvalue weighted by Crippen LogP contribution is -2.63. The number of esters is 4. The molecule has 1 aliphatic heterocycles. The van der Waals surface area contributed by atoms with Crippen molar-refractivity contribution in [3.63, 3.8) is 0 Å². The zero-order valence-corrected chi connectivity index (χ0v) is 16.1. The fourth-order valence-electron chi connectivity index (χ4n) is 2.45. The quantitative estimate of drug-likeness (QED) is 0.446. The van der Waals surface area contributed by atoms with E-state index in [0.29, 0.717) is 0 Å². The highest BCUT2D eigenvalue weighted by molar-refractivity contribution is 5.69. The van der Waals surface area contributed by atoms with Crippen LogP contribution in [-0.2, 0) is 47.6 Å². The molecule has 0 bridgehead atoms. The summed E-state index contributed by atoms with van der Waals surface area (Å²) in [5.41, 5.74) is 0. The van der Waals surface area contributed by atoms with Gasteiger partial charge in [-0.25, -0.2) is 4.79 Å². The van der Waals surface area contributed by atoms with Crippen LogP contribution in [-0.4, -0.2) is 74.3 Å². The van der Waals surface area contributed by atoms with E-state index in [2.05, 4.69) is 5.32 Å². The minimum atomic E-state index is -1.54. The van der Waals surface area contributed by atoms with Crippen LogP contribution < -0.4 is 5.32 Å². The molecule has 0 aromatic carbocycles. The van der Waals surface area contributed by atoms with Crippen molar-refractivity contribution in [3.8, 4) is 0 Å². The zero-order valence-electron chi connectivity index (χ0n) is 16.1. The van der Waals surface area contributed by atoms with Crippen molar-refractivity contribution in [2.24, 2.45) is 0 Å². The molecule has 0 radical (unpaired) electrons. The number of hydrogen-bond acceptors (Lipinski definition) is 11. The first-order valence-corrected chi connectivity index (χ1v) is 8.24. The number of nitrogens with one attached hydrogen (secondary N) is 1. The molecular formula is C16H23NO11. The van der Waals surface area contributed by atoms with E-state index in [0.717, 1.165) is 27.7 Å². The first kappa shape index (κ1) is 23.1. The smallest absolute Gasteiger partial charge is 0.409 e. The number of rotatable bonds is 6. The molecule has 0 aromatic rings. The van der Waals surface area contributed by atoms with Crippen molar-refractivity contribution >= 4 is 30.0 Å². The predicted molar refractivity (Wildman–Crippen MR) is 87.5 cm³/mol. The Balaban J connectivity index is 3.30. The van der Waals surface area contributed by atoms with Crippen molar-refractivity contribution in [2.45, 2.75) is 58.4 Å². The van der Waals surface area contributed by atoms with Crippen LogP contribution in [0.25, 0.3) is 0 Å². The van der Waals surface area contributed by atoms with E-state index in [1.165, 1.54) is 7.05 Å². The Hall–Kier alpha value is -2.89. The third kappa shape index (κ3) is 7.02. The van der Waals surface area contributed by atoms with Crippen molar-refractivity contribution in [1.29, 1.82) is 0 Å². The number of hydrogen-bond donors (Lipinski definition) is 1. The second-order valence-corrected chi connectivity index (χ2v) is 5.72. The fourth-order valence-corrected chi connectivity index (χ4v) is 2.45. The summed E-state index contributed by atoms with van der Waals surface area (Å²) in [6, 6.07) is 0. The maximum Gasteiger partial charge on any atom is 0.409 e. The molecule has 12 heteroatoms. The Morgan fingerprint density at radius 3 is 1.71 bits per heavy atom. The van der Waals surface area contributed by atoms with Gasteiger partial charge in [-0.3, -0.25) is 19.2 Å². The Morgan fingerprint density at radius 1 is 0.750 bits per heavy atom. The van der Waals surface area contributed by atoms with E-state index >= 15 is 0 Å². The maximum atomic E-state index is 11.6. The van der Waals surface area contributed by atoms with Gasteiger partial charge in [-0.15, -0.1) is 0 Å². The van der Waals surface area contributed by atoms with E-state index in [9.17, 15) is 24.0 Å². The largest absolute Gasteiger partial charge is 0.463 e. The molecule has 5 atom stereocenters. The second-order valence-electron chi connectivity index (χ2n) is 5.72. The number of carbonyl (C=O) groups excluding carboxylic acids is 5. The summed E-state index contributed by atoms with van der Waals surface area (Å²) in [5, 5.41) is 2.19. The van der Waals surface area contributed by atoms with Crippen molar-refractivity contribution < 1.29 is 52.4 Å². The van der Waals surface area contributed by atoms with E-state index in [4.69, 9.17) is 28.4 Å². The molecule has 0 aromatic heterocycles. The molecule has 1 fully saturated rings. The average molecular weight is 405 g/mol. The van der Waals surface area contributed by atoms with E-state index in [1.807, 2.05) is 0 Å². The Bertz CT molecular complexity index is 620. The molecule has 1 saturated heterocycles. The molecule has 0 aliphatic carbocycles. The van der Waals surface area contributed by atoms with Gasteiger partial charge < -0.3 is 33.7 Å². The van der Waals surface area contributed by atoms with E-state index < -0.39 is 67.3 Å². The van der Waals surface area contributed by atoms with Crippen LogP contribution in [0.15, 0.2) is 0 Å². The summed E-state index contributed by atoms with van der Waals surface area (Å²) in [7, 11) is 1.29. The minimum absolute atomic E-state index is 0.411. The molecule has 12 nitrogen and oxygen atoms in total. The first-order chi connectivity index (χ1) is 13.0. The third-order valence-corrected chi connectivity index (χ3v) is 3.38. The number of carbonyl (C=O) groups is 5. The van der Waals surface area contributed by atoms with Crippen molar-refractivity contribution in [1.82, 2.24) is 5.32 Å². The average Bonchev–Trinajstić information content (AvgIpc) is 2.57. The molecule has 1 heterocycles. The topological polar surface area (TPSA) is 153 Å². The van der Waals surface area contributed by atoms with Crippen LogP contribution in [0.1, 0.15) is 27.7 Å². The Labute approximate surface area is 160 Å². The Kier molecular flexibility index (Phi) is 8.64. The molecule has 1 amide bonds. The molecule has 0 spiro atoms. The van der Waals surface area contributed by atoms with Gasteiger partial charge >= 0.3 is 30.0 Å². The van der Waals surface area contributed by atoms with Crippen LogP contribution in [0, 0.1) is 0 Å². The lowest BCUT2D eigenvalue weighted by molar-refractivity contribution is -0.294. The van der Waals surface area contributed by atoms with Gasteiger partial charge in [-0.05, 0) is 0 Å². The first-order valence-electron chi connectivity index (χ1n) is 8.24. The molecule has 1 rings (SSSR count). The van der Waals surface area contributed by atoms with Gasteiger partial charge in [0.2, 0.25) is 12.4 Å². The zero-order chi connectivity index (χ0) is 21.4.